The first-order valence-corrected chi connectivity index (χ1v) is 9.57. The van der Waals surface area contributed by atoms with E-state index in [1.807, 2.05) is 0 Å². The van der Waals surface area contributed by atoms with Crippen molar-refractivity contribution in [1.82, 2.24) is 4.90 Å². The third-order valence-electron chi connectivity index (χ3n) is 5.72. The molecule has 1 saturated carbocycles. The first-order valence-electron chi connectivity index (χ1n) is 8.75. The van der Waals surface area contributed by atoms with Gasteiger partial charge in [0.15, 0.2) is 5.17 Å². The molecule has 1 aliphatic carbocycles. The molecule has 24 heavy (non-hydrogen) atoms. The molecule has 124 valence electrons. The van der Waals surface area contributed by atoms with Crippen molar-refractivity contribution >= 4 is 22.8 Å². The third-order valence-corrected chi connectivity index (χ3v) is 6.92. The number of hydrogen-bond acceptors (Lipinski definition) is 4. The summed E-state index contributed by atoms with van der Waals surface area (Å²) in [6.45, 7) is 2.52. The third kappa shape index (κ3) is 2.18. The smallest absolute Gasteiger partial charge is 0.286 e. The predicted molar refractivity (Wildman–Crippen MR) is 94.6 cm³/mol. The van der Waals surface area contributed by atoms with E-state index >= 15 is 0 Å². The Hall–Kier alpha value is -1.59. The minimum Gasteiger partial charge on any atom is -0.365 e. The molecule has 1 spiro atoms. The van der Waals surface area contributed by atoms with Gasteiger partial charge in [-0.2, -0.15) is 4.99 Å². The summed E-state index contributed by atoms with van der Waals surface area (Å²) in [5.41, 5.74) is 3.87. The molecule has 5 rings (SSSR count). The van der Waals surface area contributed by atoms with Crippen LogP contribution in [0, 0.1) is 0 Å². The quantitative estimate of drug-likeness (QED) is 0.677. The normalized spacial score (nSPS) is 25.1. The van der Waals surface area contributed by atoms with Gasteiger partial charge in [-0.05, 0) is 55.0 Å². The Morgan fingerprint density at radius 1 is 1.17 bits per heavy atom. The average molecular weight is 340 g/mol. The molecule has 4 aliphatic rings. The molecule has 0 atom stereocenters. The number of fused-ring (bicyclic) bond motifs is 2. The second-order valence-electron chi connectivity index (χ2n) is 7.01. The van der Waals surface area contributed by atoms with Crippen LogP contribution < -0.4 is 0 Å². The van der Waals surface area contributed by atoms with Crippen LogP contribution in [0.5, 0.6) is 0 Å². The van der Waals surface area contributed by atoms with Gasteiger partial charge in [-0.3, -0.25) is 4.79 Å². The van der Waals surface area contributed by atoms with Crippen LogP contribution in [-0.4, -0.2) is 29.1 Å². The largest absolute Gasteiger partial charge is 0.365 e. The zero-order valence-electron chi connectivity index (χ0n) is 13.6. The van der Waals surface area contributed by atoms with E-state index in [9.17, 15) is 4.79 Å². The van der Waals surface area contributed by atoms with Gasteiger partial charge in [0.1, 0.15) is 0 Å². The fraction of sp³-hybridized carbons (Fsp3) is 0.474. The van der Waals surface area contributed by atoms with Gasteiger partial charge in [0, 0.05) is 13.1 Å². The molecule has 0 N–H and O–H groups in total. The molecular formula is C19H20N2O2S. The standard InChI is InChI=1S/C19H20N2O2S/c22-17-16(13-5-3-6-13)24-18(20-17)21-10-8-19(9-11-21)15-7-2-1-4-14(15)12-23-19/h1-2,4,7H,3,5-6,8-12H2. The maximum absolute atomic E-state index is 12.2. The second kappa shape index (κ2) is 5.46. The maximum Gasteiger partial charge on any atom is 0.286 e. The van der Waals surface area contributed by atoms with Crippen molar-refractivity contribution in [1.29, 1.82) is 0 Å². The van der Waals surface area contributed by atoms with Gasteiger partial charge >= 0.3 is 0 Å². The Morgan fingerprint density at radius 3 is 2.71 bits per heavy atom. The van der Waals surface area contributed by atoms with Gasteiger partial charge in [-0.25, -0.2) is 0 Å². The van der Waals surface area contributed by atoms with Crippen LogP contribution in [0.4, 0.5) is 0 Å². The lowest BCUT2D eigenvalue weighted by Gasteiger charge is -2.39. The molecule has 1 saturated heterocycles. The number of amidine groups is 1. The SMILES string of the molecule is O=C1N=C(N2CCC3(CC2)OCc2ccccc23)SC1=C1CCC1. The summed E-state index contributed by atoms with van der Waals surface area (Å²) in [5, 5.41) is 0.899. The highest BCUT2D eigenvalue weighted by Crippen LogP contribution is 2.45. The Labute approximate surface area is 146 Å². The number of carbonyl (C=O) groups excluding carboxylic acids is 1. The molecule has 3 aliphatic heterocycles. The minimum atomic E-state index is -0.129. The number of aliphatic imine (C=N–C) groups is 1. The lowest BCUT2D eigenvalue weighted by atomic mass is 9.84. The van der Waals surface area contributed by atoms with Gasteiger partial charge in [0.25, 0.3) is 5.91 Å². The van der Waals surface area contributed by atoms with Crippen molar-refractivity contribution in [3.8, 4) is 0 Å². The molecule has 1 aromatic carbocycles. The molecule has 3 heterocycles. The molecule has 1 aromatic rings. The van der Waals surface area contributed by atoms with Crippen molar-refractivity contribution < 1.29 is 9.53 Å². The Bertz CT molecular complexity index is 769. The Balaban J connectivity index is 1.32. The summed E-state index contributed by atoms with van der Waals surface area (Å²) in [5.74, 6) is -0.0209. The number of piperidine rings is 1. The van der Waals surface area contributed by atoms with Crippen LogP contribution in [-0.2, 0) is 21.7 Å². The van der Waals surface area contributed by atoms with E-state index in [2.05, 4.69) is 34.2 Å². The number of benzene rings is 1. The van der Waals surface area contributed by atoms with Gasteiger partial charge in [-0.15, -0.1) is 0 Å². The number of carbonyl (C=O) groups is 1. The van der Waals surface area contributed by atoms with E-state index in [-0.39, 0.29) is 11.5 Å². The second-order valence-corrected chi connectivity index (χ2v) is 7.99. The molecule has 2 fully saturated rings. The van der Waals surface area contributed by atoms with Crippen LogP contribution in [0.3, 0.4) is 0 Å². The first kappa shape index (κ1) is 14.7. The monoisotopic (exact) mass is 340 g/mol. The van der Waals surface area contributed by atoms with Crippen molar-refractivity contribution in [2.75, 3.05) is 13.1 Å². The zero-order chi connectivity index (χ0) is 16.1. The van der Waals surface area contributed by atoms with E-state index in [4.69, 9.17) is 4.74 Å². The number of nitrogens with zero attached hydrogens (tertiary/aromatic N) is 2. The Kier molecular flexibility index (Phi) is 3.35. The number of rotatable bonds is 0. The number of thioether (sulfide) groups is 1. The summed E-state index contributed by atoms with van der Waals surface area (Å²) in [6, 6.07) is 8.57. The van der Waals surface area contributed by atoms with Gasteiger partial charge in [0.2, 0.25) is 0 Å². The molecule has 0 aromatic heterocycles. The highest BCUT2D eigenvalue weighted by atomic mass is 32.2. The Morgan fingerprint density at radius 2 is 1.96 bits per heavy atom. The topological polar surface area (TPSA) is 41.9 Å². The van der Waals surface area contributed by atoms with E-state index in [1.54, 1.807) is 11.8 Å². The van der Waals surface area contributed by atoms with Gasteiger partial charge in [0.05, 0.1) is 17.1 Å². The number of hydrogen-bond donors (Lipinski definition) is 0. The summed E-state index contributed by atoms with van der Waals surface area (Å²) >= 11 is 1.59. The van der Waals surface area contributed by atoms with Crippen LogP contribution in [0.1, 0.15) is 43.2 Å². The summed E-state index contributed by atoms with van der Waals surface area (Å²) in [4.78, 5) is 19.7. The van der Waals surface area contributed by atoms with E-state index in [1.165, 1.54) is 23.1 Å². The zero-order valence-corrected chi connectivity index (χ0v) is 14.4. The molecule has 0 bridgehead atoms. The van der Waals surface area contributed by atoms with Crippen LogP contribution in [0.15, 0.2) is 39.7 Å². The first-order chi connectivity index (χ1) is 11.8. The van der Waals surface area contributed by atoms with E-state index in [0.717, 1.165) is 55.5 Å². The number of allylic oxidation sites excluding steroid dienone is 1. The molecule has 5 heteroatoms. The molecule has 0 radical (unpaired) electrons. The summed E-state index contributed by atoms with van der Waals surface area (Å²) in [6.07, 6.45) is 5.29. The van der Waals surface area contributed by atoms with Gasteiger partial charge in [-0.1, -0.05) is 29.8 Å². The van der Waals surface area contributed by atoms with Crippen molar-refractivity contribution in [3.63, 3.8) is 0 Å². The minimum absolute atomic E-state index is 0.0209. The highest BCUT2D eigenvalue weighted by Gasteiger charge is 2.43. The maximum atomic E-state index is 12.2. The fourth-order valence-corrected chi connectivity index (χ4v) is 5.20. The van der Waals surface area contributed by atoms with Crippen LogP contribution in [0.25, 0.3) is 0 Å². The fourth-order valence-electron chi connectivity index (χ4n) is 4.09. The van der Waals surface area contributed by atoms with Crippen molar-refractivity contribution in [3.05, 3.63) is 45.9 Å². The lowest BCUT2D eigenvalue weighted by molar-refractivity contribution is -0.113. The van der Waals surface area contributed by atoms with Crippen LogP contribution in [0.2, 0.25) is 0 Å². The highest BCUT2D eigenvalue weighted by molar-refractivity contribution is 8.18. The van der Waals surface area contributed by atoms with Crippen molar-refractivity contribution in [2.45, 2.75) is 44.3 Å². The van der Waals surface area contributed by atoms with E-state index < -0.39 is 0 Å². The number of amides is 1. The molecule has 1 amide bonds. The molecule has 4 nitrogen and oxygen atoms in total. The predicted octanol–water partition coefficient (Wildman–Crippen LogP) is 3.58. The van der Waals surface area contributed by atoms with E-state index in [0.29, 0.717) is 0 Å². The van der Waals surface area contributed by atoms with Crippen molar-refractivity contribution in [2.24, 2.45) is 4.99 Å². The number of ether oxygens (including phenoxy) is 1. The van der Waals surface area contributed by atoms with Crippen LogP contribution >= 0.6 is 11.8 Å². The number of likely N-dealkylation sites (tertiary alicyclic amines) is 1. The average Bonchev–Trinajstić information content (AvgIpc) is 3.10. The lowest BCUT2D eigenvalue weighted by Crippen LogP contribution is -2.44. The molecule has 0 unspecified atom stereocenters. The van der Waals surface area contributed by atoms with Gasteiger partial charge < -0.3 is 9.64 Å². The molecular weight excluding hydrogens is 320 g/mol. The summed E-state index contributed by atoms with van der Waals surface area (Å²) in [7, 11) is 0. The summed E-state index contributed by atoms with van der Waals surface area (Å²) < 4.78 is 6.22.